The highest BCUT2D eigenvalue weighted by Crippen LogP contribution is 2.18. The Balaban J connectivity index is 3.47. The van der Waals surface area contributed by atoms with Crippen LogP contribution in [0.25, 0.3) is 0 Å². The predicted molar refractivity (Wildman–Crippen MR) is 320 cm³/mol. The molecule has 1 amide bonds. The van der Waals surface area contributed by atoms with Crippen molar-refractivity contribution in [1.82, 2.24) is 5.32 Å². The zero-order valence-corrected chi connectivity index (χ0v) is 49.4. The lowest BCUT2D eigenvalue weighted by Crippen LogP contribution is -2.45. The number of ether oxygens (including phenoxy) is 1. The van der Waals surface area contributed by atoms with Crippen LogP contribution in [-0.4, -0.2) is 47.4 Å². The Morgan fingerprint density at radius 2 is 0.644 bits per heavy atom. The Morgan fingerprint density at radius 3 is 0.973 bits per heavy atom. The number of carbonyl (C=O) groups excluding carboxylic acids is 2. The zero-order chi connectivity index (χ0) is 52.9. The molecule has 2 unspecified atom stereocenters. The third kappa shape index (κ3) is 59.4. The highest BCUT2D eigenvalue weighted by atomic mass is 16.5. The molecule has 6 nitrogen and oxygen atoms in total. The van der Waals surface area contributed by atoms with E-state index >= 15 is 0 Å². The van der Waals surface area contributed by atoms with Crippen molar-refractivity contribution in [3.8, 4) is 0 Å². The van der Waals surface area contributed by atoms with Crippen molar-refractivity contribution in [2.24, 2.45) is 0 Å². The largest absolute Gasteiger partial charge is 0.466 e. The molecule has 432 valence electrons. The first-order valence-corrected chi connectivity index (χ1v) is 33.1. The van der Waals surface area contributed by atoms with E-state index in [-0.39, 0.29) is 18.5 Å². The third-order valence-electron chi connectivity index (χ3n) is 15.5. The maximum absolute atomic E-state index is 12.5. The molecule has 0 aliphatic rings. The number of allylic oxidation sites excluding steroid dienone is 3. The van der Waals surface area contributed by atoms with Gasteiger partial charge < -0.3 is 20.3 Å². The number of unbranched alkanes of at least 4 members (excludes halogenated alkanes) is 49. The molecular weight excluding hydrogens is 899 g/mol. The van der Waals surface area contributed by atoms with E-state index in [0.717, 1.165) is 64.2 Å². The van der Waals surface area contributed by atoms with Gasteiger partial charge in [-0.05, 0) is 57.8 Å². The summed E-state index contributed by atoms with van der Waals surface area (Å²) in [5.74, 6) is -0.0806. The fourth-order valence-corrected chi connectivity index (χ4v) is 10.4. The van der Waals surface area contributed by atoms with Crippen LogP contribution >= 0.6 is 0 Å². The van der Waals surface area contributed by atoms with E-state index in [1.807, 2.05) is 6.08 Å². The van der Waals surface area contributed by atoms with Crippen LogP contribution in [0.3, 0.4) is 0 Å². The molecule has 0 rings (SSSR count). The van der Waals surface area contributed by atoms with Gasteiger partial charge in [0.15, 0.2) is 0 Å². The molecule has 0 aromatic rings. The first-order chi connectivity index (χ1) is 36.0. The summed E-state index contributed by atoms with van der Waals surface area (Å²) >= 11 is 0. The van der Waals surface area contributed by atoms with Crippen LogP contribution in [0.1, 0.15) is 367 Å². The normalized spacial score (nSPS) is 12.7. The van der Waals surface area contributed by atoms with Gasteiger partial charge in [-0.3, -0.25) is 9.59 Å². The van der Waals surface area contributed by atoms with Crippen LogP contribution in [0.4, 0.5) is 0 Å². The fraction of sp³-hybridized carbons (Fsp3) is 0.910. The molecule has 0 heterocycles. The lowest BCUT2D eigenvalue weighted by Gasteiger charge is -2.20. The molecule has 0 saturated heterocycles. The molecule has 0 radical (unpaired) electrons. The molecular formula is C67H129NO5. The van der Waals surface area contributed by atoms with E-state index in [4.69, 9.17) is 4.74 Å². The van der Waals surface area contributed by atoms with Crippen LogP contribution in [0.2, 0.25) is 0 Å². The topological polar surface area (TPSA) is 95.9 Å². The summed E-state index contributed by atoms with van der Waals surface area (Å²) in [6.07, 6.45) is 78.0. The Bertz CT molecular complexity index is 1140. The smallest absolute Gasteiger partial charge is 0.305 e. The Hall–Kier alpha value is -1.66. The van der Waals surface area contributed by atoms with Gasteiger partial charge in [0.2, 0.25) is 5.91 Å². The van der Waals surface area contributed by atoms with Gasteiger partial charge in [-0.25, -0.2) is 0 Å². The summed E-state index contributed by atoms with van der Waals surface area (Å²) in [5, 5.41) is 23.2. The average molecular weight is 1030 g/mol. The average Bonchev–Trinajstić information content (AvgIpc) is 3.39. The second-order valence-electron chi connectivity index (χ2n) is 22.8. The molecule has 0 aliphatic heterocycles. The third-order valence-corrected chi connectivity index (χ3v) is 15.5. The highest BCUT2D eigenvalue weighted by Gasteiger charge is 2.18. The van der Waals surface area contributed by atoms with Gasteiger partial charge in [-0.2, -0.15) is 0 Å². The van der Waals surface area contributed by atoms with Crippen molar-refractivity contribution >= 4 is 11.9 Å². The molecule has 0 aromatic carbocycles. The van der Waals surface area contributed by atoms with Crippen LogP contribution in [0.15, 0.2) is 24.3 Å². The number of aliphatic hydroxyl groups is 2. The first-order valence-electron chi connectivity index (χ1n) is 33.1. The summed E-state index contributed by atoms with van der Waals surface area (Å²) in [7, 11) is 0. The number of carbonyl (C=O) groups is 2. The van der Waals surface area contributed by atoms with Crippen LogP contribution in [0.5, 0.6) is 0 Å². The van der Waals surface area contributed by atoms with Crippen LogP contribution < -0.4 is 5.32 Å². The van der Waals surface area contributed by atoms with Gasteiger partial charge in [0.1, 0.15) is 0 Å². The number of rotatable bonds is 62. The summed E-state index contributed by atoms with van der Waals surface area (Å²) in [6, 6.07) is -0.641. The van der Waals surface area contributed by atoms with Crippen molar-refractivity contribution in [3.63, 3.8) is 0 Å². The Morgan fingerprint density at radius 1 is 0.370 bits per heavy atom. The van der Waals surface area contributed by atoms with Gasteiger partial charge in [-0.1, -0.05) is 321 Å². The van der Waals surface area contributed by atoms with Crippen molar-refractivity contribution in [3.05, 3.63) is 24.3 Å². The molecule has 3 N–H and O–H groups in total. The zero-order valence-electron chi connectivity index (χ0n) is 49.4. The molecule has 0 aromatic heterocycles. The molecule has 0 saturated carbocycles. The maximum atomic E-state index is 12.5. The minimum atomic E-state index is -0.856. The van der Waals surface area contributed by atoms with Crippen molar-refractivity contribution in [1.29, 1.82) is 0 Å². The molecule has 0 fully saturated rings. The van der Waals surface area contributed by atoms with E-state index in [2.05, 4.69) is 31.3 Å². The molecule has 73 heavy (non-hydrogen) atoms. The van der Waals surface area contributed by atoms with E-state index in [1.165, 1.54) is 276 Å². The second-order valence-corrected chi connectivity index (χ2v) is 22.8. The lowest BCUT2D eigenvalue weighted by atomic mass is 10.0. The number of nitrogens with one attached hydrogen (secondary N) is 1. The Kier molecular flexibility index (Phi) is 61.4. The molecule has 6 heteroatoms. The van der Waals surface area contributed by atoms with Gasteiger partial charge in [0.05, 0.1) is 25.4 Å². The molecule has 0 spiro atoms. The van der Waals surface area contributed by atoms with Crippen LogP contribution in [-0.2, 0) is 14.3 Å². The molecule has 0 bridgehead atoms. The number of hydrogen-bond acceptors (Lipinski definition) is 5. The highest BCUT2D eigenvalue weighted by molar-refractivity contribution is 5.76. The minimum absolute atomic E-state index is 0.000474. The summed E-state index contributed by atoms with van der Waals surface area (Å²) < 4.78 is 5.49. The van der Waals surface area contributed by atoms with Gasteiger partial charge >= 0.3 is 5.97 Å². The van der Waals surface area contributed by atoms with Crippen molar-refractivity contribution < 1.29 is 24.5 Å². The van der Waals surface area contributed by atoms with Gasteiger partial charge in [0, 0.05) is 12.8 Å². The van der Waals surface area contributed by atoms with E-state index < -0.39 is 12.1 Å². The number of aliphatic hydroxyl groups excluding tert-OH is 2. The minimum Gasteiger partial charge on any atom is -0.466 e. The van der Waals surface area contributed by atoms with E-state index in [0.29, 0.717) is 19.4 Å². The van der Waals surface area contributed by atoms with Crippen molar-refractivity contribution in [2.45, 2.75) is 379 Å². The van der Waals surface area contributed by atoms with Gasteiger partial charge in [-0.15, -0.1) is 0 Å². The SMILES string of the molecule is CCCCCCCCCCCCCCCCCCCCCCCC/C=C/C(O)C(CO)NC(=O)CCCCCCC/C=C\CCCCCCCCCOC(=O)CCCCCCCCCCCCCCCCCC. The van der Waals surface area contributed by atoms with E-state index in [9.17, 15) is 19.8 Å². The number of esters is 1. The summed E-state index contributed by atoms with van der Waals surface area (Å²) in [6.45, 7) is 4.92. The van der Waals surface area contributed by atoms with Crippen LogP contribution in [0, 0.1) is 0 Å². The van der Waals surface area contributed by atoms with E-state index in [1.54, 1.807) is 6.08 Å². The monoisotopic (exact) mass is 1030 g/mol. The summed E-state index contributed by atoms with van der Waals surface area (Å²) in [5.41, 5.74) is 0. The second kappa shape index (κ2) is 62.9. The standard InChI is InChI=1S/C67H129NO5/c1-3-5-7-9-11-13-15-17-19-21-22-23-24-25-26-27-28-31-35-39-43-47-51-55-59-65(70)64(63-69)68-66(71)60-56-52-48-44-40-36-32-29-30-34-38-42-46-50-54-58-62-73-67(72)61-57-53-49-45-41-37-33-20-18-16-14-12-10-8-6-4-2/h29,32,55,59,64-65,69-70H,3-28,30-31,33-54,56-58,60-63H2,1-2H3,(H,68,71)/b32-29-,59-55+. The maximum Gasteiger partial charge on any atom is 0.305 e. The Labute approximate surface area is 456 Å². The summed E-state index contributed by atoms with van der Waals surface area (Å²) in [4.78, 5) is 24.6. The van der Waals surface area contributed by atoms with Crippen molar-refractivity contribution in [2.75, 3.05) is 13.2 Å². The predicted octanol–water partition coefficient (Wildman–Crippen LogP) is 21.0. The molecule has 2 atom stereocenters. The number of hydrogen-bond donors (Lipinski definition) is 3. The number of amides is 1. The quantitative estimate of drug-likeness (QED) is 0.0320. The van der Waals surface area contributed by atoms with Gasteiger partial charge in [0.25, 0.3) is 0 Å². The first kappa shape index (κ1) is 71.3. The fourth-order valence-electron chi connectivity index (χ4n) is 10.4. The lowest BCUT2D eigenvalue weighted by molar-refractivity contribution is -0.143. The molecule has 0 aliphatic carbocycles.